The van der Waals surface area contributed by atoms with E-state index in [0.29, 0.717) is 6.42 Å². The Morgan fingerprint density at radius 1 is 1.22 bits per heavy atom. The minimum atomic E-state index is -0.386. The first-order valence-electron chi connectivity index (χ1n) is 8.13. The Morgan fingerprint density at radius 3 is 2.70 bits per heavy atom. The Morgan fingerprint density at radius 2 is 2.00 bits per heavy atom. The summed E-state index contributed by atoms with van der Waals surface area (Å²) in [5, 5.41) is 6.24. The number of nitrogens with one attached hydrogen (secondary N) is 2. The van der Waals surface area contributed by atoms with Crippen LogP contribution in [0.3, 0.4) is 0 Å². The summed E-state index contributed by atoms with van der Waals surface area (Å²) in [6.07, 6.45) is 4.28. The first-order valence-corrected chi connectivity index (χ1v) is 8.13. The fourth-order valence-electron chi connectivity index (χ4n) is 3.28. The molecule has 2 aliphatic heterocycles. The third kappa shape index (κ3) is 4.45. The number of benzene rings is 1. The molecule has 0 spiro atoms. The van der Waals surface area contributed by atoms with Crippen molar-refractivity contribution >= 4 is 29.9 Å². The van der Waals surface area contributed by atoms with Crippen molar-refractivity contribution in [3.8, 4) is 0 Å². The Labute approximate surface area is 143 Å². The van der Waals surface area contributed by atoms with Gasteiger partial charge in [-0.3, -0.25) is 9.59 Å². The number of piperidine rings is 1. The monoisotopic (exact) mass is 337 g/mol. The van der Waals surface area contributed by atoms with E-state index in [0.717, 1.165) is 44.5 Å². The molecular formula is C17H24ClN3O2. The molecular weight excluding hydrogens is 314 g/mol. The molecule has 6 heteroatoms. The van der Waals surface area contributed by atoms with E-state index >= 15 is 0 Å². The lowest BCUT2D eigenvalue weighted by molar-refractivity contribution is -0.128. The Kier molecular flexibility index (Phi) is 6.42. The van der Waals surface area contributed by atoms with Gasteiger partial charge in [0, 0.05) is 24.7 Å². The molecule has 23 heavy (non-hydrogen) atoms. The molecule has 2 atom stereocenters. The van der Waals surface area contributed by atoms with Crippen LogP contribution in [0.5, 0.6) is 0 Å². The van der Waals surface area contributed by atoms with E-state index in [-0.39, 0.29) is 36.3 Å². The molecule has 5 nitrogen and oxygen atoms in total. The standard InChI is InChI=1S/C17H23N3O2.ClH/c21-16(12-13-6-4-10-18-13)19-15-9-5-11-20(17(15)22)14-7-2-1-3-8-14;/h1-3,7-8,13,15,18H,4-6,9-12H2,(H,19,21);1H. The van der Waals surface area contributed by atoms with E-state index in [1.807, 2.05) is 30.3 Å². The third-order valence-electron chi connectivity index (χ3n) is 4.44. The summed E-state index contributed by atoms with van der Waals surface area (Å²) in [7, 11) is 0. The molecule has 0 aliphatic carbocycles. The second-order valence-electron chi connectivity index (χ2n) is 6.09. The van der Waals surface area contributed by atoms with Gasteiger partial charge in [0.05, 0.1) is 0 Å². The zero-order valence-corrected chi connectivity index (χ0v) is 14.0. The largest absolute Gasteiger partial charge is 0.344 e. The molecule has 0 radical (unpaired) electrons. The predicted octanol–water partition coefficient (Wildman–Crippen LogP) is 1.86. The van der Waals surface area contributed by atoms with Crippen LogP contribution in [-0.2, 0) is 9.59 Å². The maximum atomic E-state index is 12.6. The maximum Gasteiger partial charge on any atom is 0.249 e. The highest BCUT2D eigenvalue weighted by Crippen LogP contribution is 2.21. The first-order chi connectivity index (χ1) is 10.7. The highest BCUT2D eigenvalue weighted by Gasteiger charge is 2.31. The van der Waals surface area contributed by atoms with E-state index in [1.54, 1.807) is 4.90 Å². The second kappa shape index (κ2) is 8.31. The molecule has 3 rings (SSSR count). The second-order valence-corrected chi connectivity index (χ2v) is 6.09. The molecule has 2 amide bonds. The summed E-state index contributed by atoms with van der Waals surface area (Å²) in [6, 6.07) is 9.54. The molecule has 0 saturated carbocycles. The van der Waals surface area contributed by atoms with Crippen LogP contribution in [0.2, 0.25) is 0 Å². The molecule has 2 unspecified atom stereocenters. The summed E-state index contributed by atoms with van der Waals surface area (Å²) in [4.78, 5) is 26.5. The average Bonchev–Trinajstić information content (AvgIpc) is 3.03. The van der Waals surface area contributed by atoms with Crippen molar-refractivity contribution in [1.82, 2.24) is 10.6 Å². The number of carbonyl (C=O) groups excluding carboxylic acids is 2. The summed E-state index contributed by atoms with van der Waals surface area (Å²) in [5.41, 5.74) is 0.906. The minimum absolute atomic E-state index is 0. The summed E-state index contributed by atoms with van der Waals surface area (Å²) >= 11 is 0. The zero-order valence-electron chi connectivity index (χ0n) is 13.2. The first kappa shape index (κ1) is 17.8. The van der Waals surface area contributed by atoms with Crippen molar-refractivity contribution in [1.29, 1.82) is 0 Å². The highest BCUT2D eigenvalue weighted by atomic mass is 35.5. The lowest BCUT2D eigenvalue weighted by atomic mass is 10.0. The Balaban J connectivity index is 0.00000192. The number of hydrogen-bond donors (Lipinski definition) is 2. The van der Waals surface area contributed by atoms with E-state index in [4.69, 9.17) is 0 Å². The normalized spacial score (nSPS) is 24.2. The van der Waals surface area contributed by atoms with Crippen LogP contribution in [0.1, 0.15) is 32.1 Å². The zero-order chi connectivity index (χ0) is 15.4. The van der Waals surface area contributed by atoms with Gasteiger partial charge in [0.1, 0.15) is 6.04 Å². The number of nitrogens with zero attached hydrogens (tertiary/aromatic N) is 1. The van der Waals surface area contributed by atoms with Crippen molar-refractivity contribution < 1.29 is 9.59 Å². The van der Waals surface area contributed by atoms with E-state index in [1.165, 1.54) is 0 Å². The molecule has 126 valence electrons. The van der Waals surface area contributed by atoms with Crippen LogP contribution in [0.15, 0.2) is 30.3 Å². The molecule has 2 heterocycles. The van der Waals surface area contributed by atoms with Gasteiger partial charge in [0.15, 0.2) is 0 Å². The van der Waals surface area contributed by atoms with Crippen molar-refractivity contribution in [2.75, 3.05) is 18.0 Å². The fourth-order valence-corrected chi connectivity index (χ4v) is 3.28. The summed E-state index contributed by atoms with van der Waals surface area (Å²) in [5.74, 6) is -0.0159. The van der Waals surface area contributed by atoms with Crippen LogP contribution in [0, 0.1) is 0 Å². The van der Waals surface area contributed by atoms with Gasteiger partial charge in [-0.05, 0) is 44.4 Å². The maximum absolute atomic E-state index is 12.6. The molecule has 0 aromatic heterocycles. The number of anilines is 1. The van der Waals surface area contributed by atoms with E-state index < -0.39 is 0 Å². The molecule has 2 saturated heterocycles. The number of rotatable bonds is 4. The van der Waals surface area contributed by atoms with Gasteiger partial charge in [-0.15, -0.1) is 12.4 Å². The van der Waals surface area contributed by atoms with Crippen molar-refractivity contribution in [3.05, 3.63) is 30.3 Å². The fraction of sp³-hybridized carbons (Fsp3) is 0.529. The highest BCUT2D eigenvalue weighted by molar-refractivity contribution is 5.99. The molecule has 1 aromatic carbocycles. The van der Waals surface area contributed by atoms with Crippen LogP contribution in [0.25, 0.3) is 0 Å². The van der Waals surface area contributed by atoms with Gasteiger partial charge in [0.25, 0.3) is 0 Å². The summed E-state index contributed by atoms with van der Waals surface area (Å²) in [6.45, 7) is 1.71. The van der Waals surface area contributed by atoms with Gasteiger partial charge in [-0.25, -0.2) is 0 Å². The van der Waals surface area contributed by atoms with Crippen LogP contribution >= 0.6 is 12.4 Å². The Bertz CT molecular complexity index is 532. The predicted molar refractivity (Wildman–Crippen MR) is 92.8 cm³/mol. The van der Waals surface area contributed by atoms with E-state index in [9.17, 15) is 9.59 Å². The van der Waals surface area contributed by atoms with Crippen molar-refractivity contribution in [2.24, 2.45) is 0 Å². The lowest BCUT2D eigenvalue weighted by Gasteiger charge is -2.32. The van der Waals surface area contributed by atoms with Crippen LogP contribution < -0.4 is 15.5 Å². The number of carbonyl (C=O) groups is 2. The lowest BCUT2D eigenvalue weighted by Crippen LogP contribution is -2.53. The number of hydrogen-bond acceptors (Lipinski definition) is 3. The minimum Gasteiger partial charge on any atom is -0.344 e. The molecule has 2 aliphatic rings. The smallest absolute Gasteiger partial charge is 0.249 e. The van der Waals surface area contributed by atoms with Crippen molar-refractivity contribution in [2.45, 2.75) is 44.2 Å². The van der Waals surface area contributed by atoms with Gasteiger partial charge in [-0.2, -0.15) is 0 Å². The summed E-state index contributed by atoms with van der Waals surface area (Å²) < 4.78 is 0. The Hall–Kier alpha value is -1.59. The van der Waals surface area contributed by atoms with Gasteiger partial charge in [-0.1, -0.05) is 18.2 Å². The molecule has 2 N–H and O–H groups in total. The number of amides is 2. The third-order valence-corrected chi connectivity index (χ3v) is 4.44. The average molecular weight is 338 g/mol. The van der Waals surface area contributed by atoms with Crippen LogP contribution in [0.4, 0.5) is 5.69 Å². The molecule has 1 aromatic rings. The number of halogens is 1. The quantitative estimate of drug-likeness (QED) is 0.881. The number of para-hydroxylation sites is 1. The molecule has 2 fully saturated rings. The molecule has 0 bridgehead atoms. The van der Waals surface area contributed by atoms with Gasteiger partial charge < -0.3 is 15.5 Å². The SMILES string of the molecule is Cl.O=C(CC1CCCN1)NC1CCCN(c2ccccc2)C1=O. The van der Waals surface area contributed by atoms with Crippen LogP contribution in [-0.4, -0.2) is 37.0 Å². The van der Waals surface area contributed by atoms with Crippen molar-refractivity contribution in [3.63, 3.8) is 0 Å². The topological polar surface area (TPSA) is 61.4 Å². The van der Waals surface area contributed by atoms with Gasteiger partial charge >= 0.3 is 0 Å². The van der Waals surface area contributed by atoms with E-state index in [2.05, 4.69) is 10.6 Å². The van der Waals surface area contributed by atoms with Gasteiger partial charge in [0.2, 0.25) is 11.8 Å².